The molecule has 1 aromatic heterocycles. The number of nitrogens with two attached hydrogens (primary N) is 1. The number of ether oxygens (including phenoxy) is 1. The van der Waals surface area contributed by atoms with Crippen LogP contribution in [0.2, 0.25) is 0 Å². The van der Waals surface area contributed by atoms with Crippen LogP contribution in [0.1, 0.15) is 25.7 Å². The molecule has 0 saturated carbocycles. The predicted octanol–water partition coefficient (Wildman–Crippen LogP) is 3.78. The number of aromatic nitrogens is 3. The van der Waals surface area contributed by atoms with Crippen LogP contribution < -0.4 is 20.8 Å². The number of nitrogen functional groups attached to an aromatic ring is 1. The molecule has 4 rings (SSSR count). The topological polar surface area (TPSA) is 98.3 Å². The summed E-state index contributed by atoms with van der Waals surface area (Å²) in [7, 11) is 1.62. The van der Waals surface area contributed by atoms with E-state index in [1.165, 1.54) is 47.8 Å². The fourth-order valence-electron chi connectivity index (χ4n) is 3.72. The lowest BCUT2D eigenvalue weighted by molar-refractivity contribution is -0.113. The van der Waals surface area contributed by atoms with Gasteiger partial charge in [0.2, 0.25) is 11.1 Å². The highest BCUT2D eigenvalue weighted by Gasteiger charge is 2.14. The van der Waals surface area contributed by atoms with Crippen LogP contribution in [-0.2, 0) is 4.79 Å². The van der Waals surface area contributed by atoms with Crippen molar-refractivity contribution in [3.05, 3.63) is 48.5 Å². The van der Waals surface area contributed by atoms with E-state index in [-0.39, 0.29) is 11.7 Å². The number of hydrogen-bond acceptors (Lipinski definition) is 7. The number of nitrogens with zero attached hydrogens (tertiary/aromatic N) is 4. The number of rotatable bonds is 7. The van der Waals surface area contributed by atoms with Gasteiger partial charge in [-0.1, -0.05) is 24.6 Å². The summed E-state index contributed by atoms with van der Waals surface area (Å²) in [5, 5.41) is 11.7. The van der Waals surface area contributed by atoms with E-state index >= 15 is 0 Å². The maximum atomic E-state index is 12.4. The number of anilines is 2. The molecule has 9 heteroatoms. The molecule has 0 aliphatic carbocycles. The van der Waals surface area contributed by atoms with Crippen molar-refractivity contribution in [1.82, 2.24) is 14.9 Å². The molecule has 1 fully saturated rings. The standard InChI is InChI=1S/C23H28N6O2S/c1-31-20-12-6-17(7-13-20)22-26-27-23(29(22)24)32-16-21(30)25-18-8-10-19(11-9-18)28-14-4-2-3-5-15-28/h6-13H,2-5,14-16,24H2,1H3,(H,25,30). The molecule has 3 aromatic rings. The molecule has 3 N–H and O–H groups in total. The predicted molar refractivity (Wildman–Crippen MR) is 129 cm³/mol. The molecule has 1 saturated heterocycles. The highest BCUT2D eigenvalue weighted by molar-refractivity contribution is 7.99. The Balaban J connectivity index is 1.31. The molecular weight excluding hydrogens is 424 g/mol. The second-order valence-corrected chi connectivity index (χ2v) is 8.63. The van der Waals surface area contributed by atoms with Gasteiger partial charge in [0.15, 0.2) is 5.82 Å². The lowest BCUT2D eigenvalue weighted by atomic mass is 10.2. The number of thioether (sulfide) groups is 1. The summed E-state index contributed by atoms with van der Waals surface area (Å²) < 4.78 is 6.57. The van der Waals surface area contributed by atoms with Gasteiger partial charge < -0.3 is 20.8 Å². The highest BCUT2D eigenvalue weighted by Crippen LogP contribution is 2.24. The van der Waals surface area contributed by atoms with Gasteiger partial charge in [0.1, 0.15) is 5.75 Å². The quantitative estimate of drug-likeness (QED) is 0.416. The lowest BCUT2D eigenvalue weighted by Crippen LogP contribution is -2.23. The largest absolute Gasteiger partial charge is 0.497 e. The Hall–Kier alpha value is -3.20. The minimum absolute atomic E-state index is 0.119. The van der Waals surface area contributed by atoms with E-state index in [4.69, 9.17) is 10.6 Å². The first-order valence-electron chi connectivity index (χ1n) is 10.8. The minimum atomic E-state index is -0.119. The van der Waals surface area contributed by atoms with Crippen LogP contribution in [-0.4, -0.2) is 46.7 Å². The van der Waals surface area contributed by atoms with Gasteiger partial charge in [-0.3, -0.25) is 4.79 Å². The van der Waals surface area contributed by atoms with Gasteiger partial charge in [-0.2, -0.15) is 0 Å². The molecule has 1 amide bonds. The van der Waals surface area contributed by atoms with Crippen LogP contribution in [0.5, 0.6) is 5.75 Å². The molecule has 0 radical (unpaired) electrons. The molecular formula is C23H28N6O2S. The maximum Gasteiger partial charge on any atom is 0.234 e. The van der Waals surface area contributed by atoms with Gasteiger partial charge in [0.25, 0.3) is 0 Å². The summed E-state index contributed by atoms with van der Waals surface area (Å²) in [6, 6.07) is 15.5. The van der Waals surface area contributed by atoms with Crippen molar-refractivity contribution in [2.24, 2.45) is 0 Å². The third-order valence-electron chi connectivity index (χ3n) is 5.47. The van der Waals surface area contributed by atoms with Crippen LogP contribution in [0.4, 0.5) is 11.4 Å². The SMILES string of the molecule is COc1ccc(-c2nnc(SCC(=O)Nc3ccc(N4CCCCCC4)cc3)n2N)cc1. The summed E-state index contributed by atoms with van der Waals surface area (Å²) in [6.45, 7) is 2.20. The Labute approximate surface area is 192 Å². The van der Waals surface area contributed by atoms with Crippen LogP contribution >= 0.6 is 11.8 Å². The molecule has 0 spiro atoms. The maximum absolute atomic E-state index is 12.4. The Morgan fingerprint density at radius 1 is 1.03 bits per heavy atom. The average molecular weight is 453 g/mol. The number of methoxy groups -OCH3 is 1. The first kappa shape index (κ1) is 22.0. The second kappa shape index (κ2) is 10.4. The molecule has 0 unspecified atom stereocenters. The molecule has 0 atom stereocenters. The molecule has 168 valence electrons. The molecule has 0 bridgehead atoms. The fourth-order valence-corrected chi connectivity index (χ4v) is 4.38. The third-order valence-corrected chi connectivity index (χ3v) is 6.41. The zero-order valence-electron chi connectivity index (χ0n) is 18.2. The zero-order chi connectivity index (χ0) is 22.3. The van der Waals surface area contributed by atoms with Crippen molar-refractivity contribution in [2.75, 3.05) is 42.0 Å². The van der Waals surface area contributed by atoms with Crippen LogP contribution in [0.15, 0.2) is 53.7 Å². The van der Waals surface area contributed by atoms with Gasteiger partial charge in [0.05, 0.1) is 12.9 Å². The monoisotopic (exact) mass is 452 g/mol. The van der Waals surface area contributed by atoms with E-state index in [2.05, 4.69) is 32.5 Å². The number of carbonyl (C=O) groups excluding carboxylic acids is 1. The van der Waals surface area contributed by atoms with Crippen molar-refractivity contribution in [1.29, 1.82) is 0 Å². The second-order valence-electron chi connectivity index (χ2n) is 7.69. The molecule has 1 aliphatic heterocycles. The Bertz CT molecular complexity index is 1030. The van der Waals surface area contributed by atoms with Crippen LogP contribution in [0.25, 0.3) is 11.4 Å². The van der Waals surface area contributed by atoms with E-state index in [9.17, 15) is 4.79 Å². The van der Waals surface area contributed by atoms with Crippen molar-refractivity contribution < 1.29 is 9.53 Å². The lowest BCUT2D eigenvalue weighted by Gasteiger charge is -2.22. The van der Waals surface area contributed by atoms with Crippen LogP contribution in [0, 0.1) is 0 Å². The summed E-state index contributed by atoms with van der Waals surface area (Å²) >= 11 is 1.25. The third kappa shape index (κ3) is 5.34. The number of benzene rings is 2. The van der Waals surface area contributed by atoms with Gasteiger partial charge in [-0.25, -0.2) is 4.68 Å². The molecule has 2 aromatic carbocycles. The van der Waals surface area contributed by atoms with E-state index in [0.717, 1.165) is 30.1 Å². The van der Waals surface area contributed by atoms with E-state index < -0.39 is 0 Å². The van der Waals surface area contributed by atoms with E-state index in [1.54, 1.807) is 7.11 Å². The van der Waals surface area contributed by atoms with Crippen molar-refractivity contribution >= 4 is 29.0 Å². The smallest absolute Gasteiger partial charge is 0.234 e. The molecule has 32 heavy (non-hydrogen) atoms. The van der Waals surface area contributed by atoms with Gasteiger partial charge in [-0.05, 0) is 61.4 Å². The number of nitrogens with one attached hydrogen (secondary N) is 1. The Kier molecular flexibility index (Phi) is 7.16. The number of hydrogen-bond donors (Lipinski definition) is 2. The zero-order valence-corrected chi connectivity index (χ0v) is 19.0. The normalized spacial score (nSPS) is 14.1. The summed E-state index contributed by atoms with van der Waals surface area (Å²) in [4.78, 5) is 14.8. The fraction of sp³-hybridized carbons (Fsp3) is 0.348. The van der Waals surface area contributed by atoms with Crippen molar-refractivity contribution in [3.8, 4) is 17.1 Å². The van der Waals surface area contributed by atoms with Gasteiger partial charge in [0, 0.05) is 30.0 Å². The van der Waals surface area contributed by atoms with E-state index in [0.29, 0.717) is 11.0 Å². The Morgan fingerprint density at radius 3 is 2.38 bits per heavy atom. The van der Waals surface area contributed by atoms with Crippen molar-refractivity contribution in [2.45, 2.75) is 30.8 Å². The van der Waals surface area contributed by atoms with Crippen LogP contribution in [0.3, 0.4) is 0 Å². The summed E-state index contributed by atoms with van der Waals surface area (Å²) in [5.74, 6) is 7.49. The Morgan fingerprint density at radius 2 is 1.72 bits per heavy atom. The van der Waals surface area contributed by atoms with Crippen molar-refractivity contribution in [3.63, 3.8) is 0 Å². The first-order valence-corrected chi connectivity index (χ1v) is 11.7. The summed E-state index contributed by atoms with van der Waals surface area (Å²) in [6.07, 6.45) is 5.09. The van der Waals surface area contributed by atoms with E-state index in [1.807, 2.05) is 36.4 Å². The minimum Gasteiger partial charge on any atom is -0.497 e. The number of carbonyl (C=O) groups is 1. The summed E-state index contributed by atoms with van der Waals surface area (Å²) in [5.41, 5.74) is 2.81. The number of amides is 1. The molecule has 1 aliphatic rings. The van der Waals surface area contributed by atoms with Gasteiger partial charge in [-0.15, -0.1) is 10.2 Å². The highest BCUT2D eigenvalue weighted by atomic mass is 32.2. The average Bonchev–Trinajstić information content (AvgIpc) is 3.01. The molecule has 8 nitrogen and oxygen atoms in total. The van der Waals surface area contributed by atoms with Gasteiger partial charge >= 0.3 is 0 Å². The molecule has 2 heterocycles. The first-order chi connectivity index (χ1) is 15.6.